The minimum absolute atomic E-state index is 0.112. The van der Waals surface area contributed by atoms with Crippen molar-refractivity contribution in [2.45, 2.75) is 25.8 Å². The molecule has 1 rings (SSSR count). The number of likely N-dealkylation sites (N-methyl/N-ethyl adjacent to an activating group) is 1. The second-order valence-corrected chi connectivity index (χ2v) is 4.42. The highest BCUT2D eigenvalue weighted by atomic mass is 16.2. The standard InChI is InChI=1S/C11H23N3O/c1-4-9(7-12-2)11(15)13-10-5-6-14(3)8-10/h9-10,12H,4-8H2,1-3H3,(H,13,15). The molecule has 1 aliphatic heterocycles. The third kappa shape index (κ3) is 3.80. The van der Waals surface area contributed by atoms with Crippen molar-refractivity contribution >= 4 is 5.91 Å². The first-order valence-electron chi connectivity index (χ1n) is 5.80. The molecule has 2 N–H and O–H groups in total. The third-order valence-electron chi connectivity index (χ3n) is 3.05. The molecule has 0 aromatic heterocycles. The van der Waals surface area contributed by atoms with Crippen molar-refractivity contribution in [3.8, 4) is 0 Å². The van der Waals surface area contributed by atoms with Crippen LogP contribution in [0, 0.1) is 5.92 Å². The van der Waals surface area contributed by atoms with Crippen molar-refractivity contribution in [3.63, 3.8) is 0 Å². The number of hydrogen-bond donors (Lipinski definition) is 2. The second kappa shape index (κ2) is 6.08. The van der Waals surface area contributed by atoms with E-state index in [0.717, 1.165) is 32.5 Å². The van der Waals surface area contributed by atoms with Crippen LogP contribution in [-0.2, 0) is 4.79 Å². The minimum atomic E-state index is 0.112. The Bertz CT molecular complexity index is 208. The molecule has 0 aromatic rings. The van der Waals surface area contributed by atoms with Crippen molar-refractivity contribution in [2.75, 3.05) is 33.7 Å². The molecule has 1 fully saturated rings. The van der Waals surface area contributed by atoms with E-state index < -0.39 is 0 Å². The van der Waals surface area contributed by atoms with Crippen molar-refractivity contribution in [1.82, 2.24) is 15.5 Å². The van der Waals surface area contributed by atoms with Gasteiger partial charge in [0.1, 0.15) is 0 Å². The topological polar surface area (TPSA) is 44.4 Å². The molecule has 0 aromatic carbocycles. The minimum Gasteiger partial charge on any atom is -0.352 e. The van der Waals surface area contributed by atoms with Gasteiger partial charge in [-0.2, -0.15) is 0 Å². The van der Waals surface area contributed by atoms with Crippen LogP contribution in [-0.4, -0.2) is 50.6 Å². The van der Waals surface area contributed by atoms with E-state index >= 15 is 0 Å². The van der Waals surface area contributed by atoms with Crippen LogP contribution in [0.15, 0.2) is 0 Å². The van der Waals surface area contributed by atoms with Crippen LogP contribution in [0.25, 0.3) is 0 Å². The summed E-state index contributed by atoms with van der Waals surface area (Å²) in [4.78, 5) is 14.1. The summed E-state index contributed by atoms with van der Waals surface area (Å²) in [5.74, 6) is 0.313. The van der Waals surface area contributed by atoms with E-state index in [0.29, 0.717) is 6.04 Å². The number of nitrogens with zero attached hydrogens (tertiary/aromatic N) is 1. The average Bonchev–Trinajstić information content (AvgIpc) is 2.60. The van der Waals surface area contributed by atoms with Gasteiger partial charge < -0.3 is 15.5 Å². The van der Waals surface area contributed by atoms with Gasteiger partial charge in [0.25, 0.3) is 0 Å². The summed E-state index contributed by atoms with van der Waals surface area (Å²) < 4.78 is 0. The van der Waals surface area contributed by atoms with Crippen LogP contribution in [0.5, 0.6) is 0 Å². The maximum Gasteiger partial charge on any atom is 0.224 e. The van der Waals surface area contributed by atoms with Crippen LogP contribution < -0.4 is 10.6 Å². The van der Waals surface area contributed by atoms with Gasteiger partial charge >= 0.3 is 0 Å². The molecule has 0 radical (unpaired) electrons. The summed E-state index contributed by atoms with van der Waals surface area (Å²) in [6.45, 7) is 4.91. The number of rotatable bonds is 5. The van der Waals surface area contributed by atoms with E-state index in [-0.39, 0.29) is 11.8 Å². The van der Waals surface area contributed by atoms with Gasteiger partial charge in [-0.1, -0.05) is 6.92 Å². The third-order valence-corrected chi connectivity index (χ3v) is 3.05. The van der Waals surface area contributed by atoms with Crippen LogP contribution in [0.1, 0.15) is 19.8 Å². The quantitative estimate of drug-likeness (QED) is 0.678. The molecule has 0 saturated carbocycles. The second-order valence-electron chi connectivity index (χ2n) is 4.42. The summed E-state index contributed by atoms with van der Waals surface area (Å²) in [6.07, 6.45) is 1.98. The summed E-state index contributed by atoms with van der Waals surface area (Å²) in [7, 11) is 3.98. The fraction of sp³-hybridized carbons (Fsp3) is 0.909. The molecule has 0 aliphatic carbocycles. The number of nitrogens with one attached hydrogen (secondary N) is 2. The Morgan fingerprint density at radius 2 is 2.33 bits per heavy atom. The van der Waals surface area contributed by atoms with Gasteiger partial charge in [-0.3, -0.25) is 4.79 Å². The monoisotopic (exact) mass is 213 g/mol. The zero-order valence-corrected chi connectivity index (χ0v) is 10.0. The molecule has 2 unspecified atom stereocenters. The Morgan fingerprint density at radius 1 is 1.60 bits per heavy atom. The van der Waals surface area contributed by atoms with E-state index in [4.69, 9.17) is 0 Å². The fourth-order valence-corrected chi connectivity index (χ4v) is 2.04. The number of carbonyl (C=O) groups is 1. The van der Waals surface area contributed by atoms with E-state index in [9.17, 15) is 4.79 Å². The lowest BCUT2D eigenvalue weighted by Gasteiger charge is -2.18. The van der Waals surface area contributed by atoms with Crippen LogP contribution in [0.3, 0.4) is 0 Å². The van der Waals surface area contributed by atoms with Crippen LogP contribution >= 0.6 is 0 Å². The Kier molecular flexibility index (Phi) is 5.05. The van der Waals surface area contributed by atoms with Gasteiger partial charge in [-0.05, 0) is 33.5 Å². The van der Waals surface area contributed by atoms with Gasteiger partial charge in [0, 0.05) is 19.1 Å². The maximum absolute atomic E-state index is 11.9. The van der Waals surface area contributed by atoms with Gasteiger partial charge in [0.2, 0.25) is 5.91 Å². The van der Waals surface area contributed by atoms with Crippen molar-refractivity contribution in [2.24, 2.45) is 5.92 Å². The number of carbonyl (C=O) groups excluding carboxylic acids is 1. The van der Waals surface area contributed by atoms with E-state index in [1.165, 1.54) is 0 Å². The summed E-state index contributed by atoms with van der Waals surface area (Å²) >= 11 is 0. The maximum atomic E-state index is 11.9. The van der Waals surface area contributed by atoms with E-state index in [1.54, 1.807) is 0 Å². The van der Waals surface area contributed by atoms with Gasteiger partial charge in [0.05, 0.1) is 5.92 Å². The van der Waals surface area contributed by atoms with Crippen LogP contribution in [0.2, 0.25) is 0 Å². The Labute approximate surface area is 92.4 Å². The lowest BCUT2D eigenvalue weighted by Crippen LogP contribution is -2.42. The zero-order valence-electron chi connectivity index (χ0n) is 10.0. The highest BCUT2D eigenvalue weighted by molar-refractivity contribution is 5.79. The molecule has 4 heteroatoms. The molecule has 0 bridgehead atoms. The number of amides is 1. The normalized spacial score (nSPS) is 24.1. The first-order valence-corrected chi connectivity index (χ1v) is 5.80. The molecule has 0 spiro atoms. The van der Waals surface area contributed by atoms with Crippen molar-refractivity contribution in [1.29, 1.82) is 0 Å². The molecule has 1 saturated heterocycles. The highest BCUT2D eigenvalue weighted by Gasteiger charge is 2.23. The molecule has 1 heterocycles. The van der Waals surface area contributed by atoms with Gasteiger partial charge in [-0.15, -0.1) is 0 Å². The molecule has 4 nitrogen and oxygen atoms in total. The molecule has 1 amide bonds. The first kappa shape index (κ1) is 12.5. The van der Waals surface area contributed by atoms with Crippen molar-refractivity contribution in [3.05, 3.63) is 0 Å². The summed E-state index contributed by atoms with van der Waals surface area (Å²) in [6, 6.07) is 0.355. The van der Waals surface area contributed by atoms with Gasteiger partial charge in [-0.25, -0.2) is 0 Å². The molecular formula is C11H23N3O. The Balaban J connectivity index is 2.33. The first-order chi connectivity index (χ1) is 7.17. The smallest absolute Gasteiger partial charge is 0.224 e. The Hall–Kier alpha value is -0.610. The van der Waals surface area contributed by atoms with E-state index in [2.05, 4.69) is 29.5 Å². The summed E-state index contributed by atoms with van der Waals surface area (Å²) in [5, 5.41) is 6.19. The van der Waals surface area contributed by atoms with Gasteiger partial charge in [0.15, 0.2) is 0 Å². The highest BCUT2D eigenvalue weighted by Crippen LogP contribution is 2.08. The van der Waals surface area contributed by atoms with Crippen LogP contribution in [0.4, 0.5) is 0 Å². The molecule has 1 aliphatic rings. The Morgan fingerprint density at radius 3 is 2.80 bits per heavy atom. The fourth-order valence-electron chi connectivity index (χ4n) is 2.04. The molecule has 15 heavy (non-hydrogen) atoms. The predicted molar refractivity (Wildman–Crippen MR) is 61.8 cm³/mol. The zero-order chi connectivity index (χ0) is 11.3. The largest absolute Gasteiger partial charge is 0.352 e. The molecular weight excluding hydrogens is 190 g/mol. The number of hydrogen-bond acceptors (Lipinski definition) is 3. The lowest BCUT2D eigenvalue weighted by molar-refractivity contribution is -0.125. The molecule has 88 valence electrons. The molecule has 2 atom stereocenters. The SMILES string of the molecule is CCC(CNC)C(=O)NC1CCN(C)C1. The summed E-state index contributed by atoms with van der Waals surface area (Å²) in [5.41, 5.74) is 0. The van der Waals surface area contributed by atoms with Crippen molar-refractivity contribution < 1.29 is 4.79 Å². The number of likely N-dealkylation sites (tertiary alicyclic amines) is 1. The van der Waals surface area contributed by atoms with E-state index in [1.807, 2.05) is 7.05 Å². The lowest BCUT2D eigenvalue weighted by atomic mass is 10.1. The predicted octanol–water partition coefficient (Wildman–Crippen LogP) is 0.0523. The average molecular weight is 213 g/mol.